The second-order valence-electron chi connectivity index (χ2n) is 5.62. The van der Waals surface area contributed by atoms with Crippen LogP contribution in [0.15, 0.2) is 65.7 Å². The third kappa shape index (κ3) is 6.59. The van der Waals surface area contributed by atoms with Crippen LogP contribution in [-0.4, -0.2) is 38.9 Å². The number of hydrogen-bond acceptors (Lipinski definition) is 4. The lowest BCUT2D eigenvalue weighted by atomic mass is 10.1. The van der Waals surface area contributed by atoms with Gasteiger partial charge in [0.05, 0.1) is 12.3 Å². The highest BCUT2D eigenvalue weighted by molar-refractivity contribution is 7.66. The van der Waals surface area contributed by atoms with E-state index < -0.39 is 19.8 Å². The van der Waals surface area contributed by atoms with Gasteiger partial charge >= 0.3 is 5.97 Å². The average Bonchev–Trinajstić information content (AvgIpc) is 2.53. The van der Waals surface area contributed by atoms with Crippen LogP contribution >= 0.6 is 7.72 Å². The van der Waals surface area contributed by atoms with E-state index in [9.17, 15) is 14.6 Å². The Kier molecular flexibility index (Phi) is 6.62. The van der Waals surface area contributed by atoms with Crippen LogP contribution in [0.5, 0.6) is 0 Å². The molecule has 0 aliphatic rings. The average molecular weight is 346 g/mol. The molecule has 2 aromatic carbocycles. The Morgan fingerprint density at radius 1 is 0.875 bits per heavy atom. The van der Waals surface area contributed by atoms with Gasteiger partial charge in [0.1, 0.15) is 0 Å². The molecule has 0 unspecified atom stereocenters. The summed E-state index contributed by atoms with van der Waals surface area (Å²) in [6.07, 6.45) is -0.261. The summed E-state index contributed by atoms with van der Waals surface area (Å²) >= 11 is 0. The molecule has 5 nitrogen and oxygen atoms in total. The predicted molar refractivity (Wildman–Crippen MR) is 96.5 cm³/mol. The summed E-state index contributed by atoms with van der Waals surface area (Å²) in [6, 6.07) is 19.2. The molecule has 0 radical (unpaired) electrons. The van der Waals surface area contributed by atoms with Crippen LogP contribution < -0.4 is 0 Å². The zero-order valence-corrected chi connectivity index (χ0v) is 14.1. The van der Waals surface area contributed by atoms with Crippen molar-refractivity contribution in [2.24, 2.45) is 4.99 Å². The van der Waals surface area contributed by atoms with Crippen LogP contribution in [0.1, 0.15) is 11.1 Å². The van der Waals surface area contributed by atoms with E-state index >= 15 is 0 Å². The van der Waals surface area contributed by atoms with E-state index in [4.69, 9.17) is 5.11 Å². The Morgan fingerprint density at radius 3 is 1.96 bits per heavy atom. The number of nitrogens with zero attached hydrogens (tertiary/aromatic N) is 1. The van der Waals surface area contributed by atoms with E-state index in [-0.39, 0.29) is 6.16 Å². The number of aliphatic carboxylic acids is 1. The third-order valence-electron chi connectivity index (χ3n) is 3.40. The van der Waals surface area contributed by atoms with E-state index in [1.54, 1.807) is 0 Å². The number of carboxylic acids is 1. The molecular formula is C18H21NO4P+. The molecule has 0 amide bonds. The quantitative estimate of drug-likeness (QED) is 0.506. The zero-order chi connectivity index (χ0) is 17.4. The first-order valence-corrected chi connectivity index (χ1v) is 9.65. The molecule has 6 heteroatoms. The summed E-state index contributed by atoms with van der Waals surface area (Å²) in [6.45, 7) is 0.427. The highest BCUT2D eigenvalue weighted by Crippen LogP contribution is 2.49. The topological polar surface area (TPSA) is 90.1 Å². The van der Waals surface area contributed by atoms with Crippen molar-refractivity contribution in [2.75, 3.05) is 12.3 Å². The Hall–Kier alpha value is -2.07. The Labute approximate surface area is 141 Å². The SMILES string of the molecule is O=C(O)C[P+](O)(O)CC(Cc1ccccc1)=NCc1ccccc1. The first-order chi connectivity index (χ1) is 11.4. The molecule has 0 bridgehead atoms. The van der Waals surface area contributed by atoms with Gasteiger partial charge in [0.25, 0.3) is 7.72 Å². The smallest absolute Gasteiger partial charge is 0.346 e. The largest absolute Gasteiger partial charge is 0.478 e. The van der Waals surface area contributed by atoms with Gasteiger partial charge in [-0.2, -0.15) is 0 Å². The van der Waals surface area contributed by atoms with Crippen LogP contribution in [0.25, 0.3) is 0 Å². The van der Waals surface area contributed by atoms with Gasteiger partial charge in [-0.25, -0.2) is 14.6 Å². The van der Waals surface area contributed by atoms with Crippen molar-refractivity contribution < 1.29 is 19.7 Å². The number of benzene rings is 2. The van der Waals surface area contributed by atoms with Gasteiger partial charge in [-0.05, 0) is 11.1 Å². The van der Waals surface area contributed by atoms with E-state index in [2.05, 4.69) is 4.99 Å². The molecular weight excluding hydrogens is 325 g/mol. The van der Waals surface area contributed by atoms with E-state index in [1.807, 2.05) is 60.7 Å². The molecule has 0 saturated heterocycles. The van der Waals surface area contributed by atoms with Gasteiger partial charge in [-0.1, -0.05) is 60.7 Å². The van der Waals surface area contributed by atoms with Gasteiger partial charge in [-0.3, -0.25) is 4.99 Å². The fourth-order valence-corrected chi connectivity index (χ4v) is 3.69. The summed E-state index contributed by atoms with van der Waals surface area (Å²) in [5.74, 6) is -1.21. The van der Waals surface area contributed by atoms with Gasteiger partial charge in [0.2, 0.25) is 6.16 Å². The van der Waals surface area contributed by atoms with Crippen molar-refractivity contribution >= 4 is 19.4 Å². The second-order valence-corrected chi connectivity index (χ2v) is 8.01. The molecule has 0 aliphatic carbocycles. The lowest BCUT2D eigenvalue weighted by molar-refractivity contribution is -0.134. The summed E-state index contributed by atoms with van der Waals surface area (Å²) < 4.78 is 0. The third-order valence-corrected chi connectivity index (χ3v) is 5.05. The molecule has 2 rings (SSSR count). The molecule has 0 fully saturated rings. The van der Waals surface area contributed by atoms with E-state index in [0.29, 0.717) is 18.7 Å². The van der Waals surface area contributed by atoms with Crippen LogP contribution in [0.3, 0.4) is 0 Å². The highest BCUT2D eigenvalue weighted by Gasteiger charge is 2.38. The molecule has 0 aliphatic heterocycles. The first-order valence-electron chi connectivity index (χ1n) is 7.59. The molecule has 126 valence electrons. The molecule has 3 N–H and O–H groups in total. The summed E-state index contributed by atoms with van der Waals surface area (Å²) in [5, 5.41) is 8.83. The molecule has 0 heterocycles. The minimum Gasteiger partial charge on any atom is -0.478 e. The van der Waals surface area contributed by atoms with Gasteiger partial charge in [0, 0.05) is 6.42 Å². The predicted octanol–water partition coefficient (Wildman–Crippen LogP) is 2.79. The summed E-state index contributed by atoms with van der Waals surface area (Å²) in [5.41, 5.74) is 2.62. The Balaban J connectivity index is 2.15. The maximum Gasteiger partial charge on any atom is 0.346 e. The molecule has 0 saturated carbocycles. The van der Waals surface area contributed by atoms with Gasteiger partial charge in [0.15, 0.2) is 6.16 Å². The molecule has 0 atom stereocenters. The second kappa shape index (κ2) is 8.69. The van der Waals surface area contributed by atoms with Crippen molar-refractivity contribution in [2.45, 2.75) is 13.0 Å². The fraction of sp³-hybridized carbons (Fsp3) is 0.222. The van der Waals surface area contributed by atoms with Crippen LogP contribution in [-0.2, 0) is 17.8 Å². The number of rotatable bonds is 8. The number of hydrogen-bond donors (Lipinski definition) is 3. The number of aliphatic imine (C=N–C) groups is 1. The molecule has 0 spiro atoms. The van der Waals surface area contributed by atoms with Crippen LogP contribution in [0.4, 0.5) is 0 Å². The maximum absolute atomic E-state index is 10.8. The van der Waals surface area contributed by atoms with Crippen molar-refractivity contribution in [3.05, 3.63) is 71.8 Å². The molecule has 0 aromatic heterocycles. The van der Waals surface area contributed by atoms with Gasteiger partial charge in [-0.15, -0.1) is 0 Å². The molecule has 24 heavy (non-hydrogen) atoms. The fourth-order valence-electron chi connectivity index (χ4n) is 2.34. The van der Waals surface area contributed by atoms with Crippen molar-refractivity contribution in [3.8, 4) is 0 Å². The maximum atomic E-state index is 10.8. The number of carboxylic acid groups (broad SMARTS) is 1. The first kappa shape index (κ1) is 18.3. The Bertz CT molecular complexity index is 687. The Morgan fingerprint density at radius 2 is 1.42 bits per heavy atom. The zero-order valence-electron chi connectivity index (χ0n) is 13.2. The minimum absolute atomic E-state index is 0.0962. The normalized spacial score (nSPS) is 12.2. The van der Waals surface area contributed by atoms with Crippen molar-refractivity contribution in [1.29, 1.82) is 0 Å². The standard InChI is InChI=1S/C18H20NO4P/c20-18(21)14-24(22,23)13-17(11-15-7-3-1-4-8-15)19-12-16-9-5-2-6-10-16/h1-10,22-23H,11-14H2/p+1. The van der Waals surface area contributed by atoms with E-state index in [0.717, 1.165) is 11.1 Å². The monoisotopic (exact) mass is 346 g/mol. The van der Waals surface area contributed by atoms with Gasteiger partial charge < -0.3 is 5.11 Å². The lowest BCUT2D eigenvalue weighted by Gasteiger charge is -2.13. The number of carbonyl (C=O) groups is 1. The van der Waals surface area contributed by atoms with Crippen molar-refractivity contribution in [3.63, 3.8) is 0 Å². The summed E-state index contributed by atoms with van der Waals surface area (Å²) in [7, 11) is -3.54. The minimum atomic E-state index is -3.54. The van der Waals surface area contributed by atoms with Crippen molar-refractivity contribution in [1.82, 2.24) is 0 Å². The van der Waals surface area contributed by atoms with Crippen LogP contribution in [0.2, 0.25) is 0 Å². The van der Waals surface area contributed by atoms with E-state index in [1.165, 1.54) is 0 Å². The summed E-state index contributed by atoms with van der Waals surface area (Å²) in [4.78, 5) is 35.4. The highest BCUT2D eigenvalue weighted by atomic mass is 31.2. The van der Waals surface area contributed by atoms with Crippen LogP contribution in [0, 0.1) is 0 Å². The lowest BCUT2D eigenvalue weighted by Crippen LogP contribution is -2.18. The molecule has 2 aromatic rings.